The molecule has 0 aromatic heterocycles. The molecule has 0 bridgehead atoms. The fourth-order valence-electron chi connectivity index (χ4n) is 4.20. The van der Waals surface area contributed by atoms with Gasteiger partial charge in [-0.05, 0) is 38.2 Å². The number of carboxylic acids is 1. The number of carbonyl (C=O) groups is 2. The summed E-state index contributed by atoms with van der Waals surface area (Å²) in [5, 5.41) is 9.35. The number of carboxylic acid groups (broad SMARTS) is 1. The molecule has 3 unspecified atom stereocenters. The number of methoxy groups -OCH3 is 1. The van der Waals surface area contributed by atoms with Crippen LogP contribution in [0.2, 0.25) is 0 Å². The Bertz CT molecular complexity index is 656. The van der Waals surface area contributed by atoms with Gasteiger partial charge in [-0.1, -0.05) is 24.6 Å². The summed E-state index contributed by atoms with van der Waals surface area (Å²) >= 11 is 0. The molecule has 1 aromatic carbocycles. The lowest BCUT2D eigenvalue weighted by atomic mass is 9.80. The zero-order valence-electron chi connectivity index (χ0n) is 15.9. The molecule has 1 heterocycles. The van der Waals surface area contributed by atoms with Crippen LogP contribution in [-0.4, -0.2) is 48.2 Å². The lowest BCUT2D eigenvalue weighted by Crippen LogP contribution is -2.42. The predicted molar refractivity (Wildman–Crippen MR) is 100 cm³/mol. The molecule has 6 heteroatoms. The van der Waals surface area contributed by atoms with Gasteiger partial charge in [-0.3, -0.25) is 9.59 Å². The second kappa shape index (κ2) is 9.22. The molecular formula is C21H29NO5. The molecule has 27 heavy (non-hydrogen) atoms. The third-order valence-electron chi connectivity index (χ3n) is 5.69. The van der Waals surface area contributed by atoms with Crippen molar-refractivity contribution in [3.63, 3.8) is 0 Å². The zero-order valence-corrected chi connectivity index (χ0v) is 15.9. The summed E-state index contributed by atoms with van der Waals surface area (Å²) in [7, 11) is 1.63. The van der Waals surface area contributed by atoms with Crippen molar-refractivity contribution in [1.82, 2.24) is 4.90 Å². The molecule has 1 aliphatic carbocycles. The second-order valence-corrected chi connectivity index (χ2v) is 7.56. The van der Waals surface area contributed by atoms with Gasteiger partial charge in [0.2, 0.25) is 5.91 Å². The molecule has 1 amide bonds. The highest BCUT2D eigenvalue weighted by Gasteiger charge is 2.34. The Morgan fingerprint density at radius 1 is 1.19 bits per heavy atom. The molecule has 2 fully saturated rings. The van der Waals surface area contributed by atoms with Gasteiger partial charge in [0.1, 0.15) is 5.75 Å². The van der Waals surface area contributed by atoms with Crippen LogP contribution >= 0.6 is 0 Å². The molecule has 0 spiro atoms. The topological polar surface area (TPSA) is 76.1 Å². The van der Waals surface area contributed by atoms with Crippen LogP contribution in [0.1, 0.15) is 44.1 Å². The van der Waals surface area contributed by atoms with Crippen LogP contribution in [0.15, 0.2) is 24.3 Å². The number of carbonyl (C=O) groups excluding carboxylic acids is 1. The molecule has 1 saturated heterocycles. The smallest absolute Gasteiger partial charge is 0.306 e. The first-order valence-electron chi connectivity index (χ1n) is 9.83. The van der Waals surface area contributed by atoms with Crippen molar-refractivity contribution < 1.29 is 24.2 Å². The van der Waals surface area contributed by atoms with E-state index in [1.807, 2.05) is 29.2 Å². The summed E-state index contributed by atoms with van der Waals surface area (Å²) in [6.45, 7) is 1.74. The predicted octanol–water partition coefficient (Wildman–Crippen LogP) is 3.09. The average Bonchev–Trinajstić information content (AvgIpc) is 3.20. The summed E-state index contributed by atoms with van der Waals surface area (Å²) in [6.07, 6.45) is 4.68. The average molecular weight is 375 g/mol. The normalized spacial score (nSPS) is 25.1. The Morgan fingerprint density at radius 3 is 2.67 bits per heavy atom. The quantitative estimate of drug-likeness (QED) is 0.792. The molecule has 1 aromatic rings. The third kappa shape index (κ3) is 5.01. The summed E-state index contributed by atoms with van der Waals surface area (Å²) in [5.74, 6) is -0.625. The number of rotatable bonds is 7. The van der Waals surface area contributed by atoms with E-state index >= 15 is 0 Å². The van der Waals surface area contributed by atoms with E-state index in [-0.39, 0.29) is 17.9 Å². The standard InChI is InChI=1S/C21H29NO5/c1-26-19-10-3-2-6-17(19)13-22(14-18-9-5-11-27-18)20(23)15-7-4-8-16(12-15)21(24)25/h2-3,6,10,15-16,18H,4-5,7-9,11-14H2,1H3,(H,24,25). The van der Waals surface area contributed by atoms with Gasteiger partial charge in [0.15, 0.2) is 0 Å². The first-order chi connectivity index (χ1) is 13.1. The van der Waals surface area contributed by atoms with Gasteiger partial charge in [0, 0.05) is 31.2 Å². The Kier molecular flexibility index (Phi) is 6.72. The van der Waals surface area contributed by atoms with E-state index in [9.17, 15) is 14.7 Å². The maximum absolute atomic E-state index is 13.3. The first-order valence-corrected chi connectivity index (χ1v) is 9.83. The minimum absolute atomic E-state index is 0.0438. The van der Waals surface area contributed by atoms with E-state index in [2.05, 4.69) is 0 Å². The van der Waals surface area contributed by atoms with E-state index in [1.54, 1.807) is 7.11 Å². The van der Waals surface area contributed by atoms with Crippen molar-refractivity contribution >= 4 is 11.9 Å². The highest BCUT2D eigenvalue weighted by Crippen LogP contribution is 2.32. The number of aliphatic carboxylic acids is 1. The van der Waals surface area contributed by atoms with Crippen molar-refractivity contribution in [2.45, 2.75) is 51.2 Å². The van der Waals surface area contributed by atoms with Crippen LogP contribution in [0.3, 0.4) is 0 Å². The monoisotopic (exact) mass is 375 g/mol. The van der Waals surface area contributed by atoms with E-state index in [4.69, 9.17) is 9.47 Å². The van der Waals surface area contributed by atoms with E-state index in [0.29, 0.717) is 25.9 Å². The van der Waals surface area contributed by atoms with Crippen LogP contribution in [0.25, 0.3) is 0 Å². The second-order valence-electron chi connectivity index (χ2n) is 7.56. The number of hydrogen-bond donors (Lipinski definition) is 1. The lowest BCUT2D eigenvalue weighted by molar-refractivity contribution is -0.146. The van der Waals surface area contributed by atoms with Crippen LogP contribution in [0.4, 0.5) is 0 Å². The van der Waals surface area contributed by atoms with Crippen molar-refractivity contribution in [2.24, 2.45) is 11.8 Å². The third-order valence-corrected chi connectivity index (χ3v) is 5.69. The molecule has 6 nitrogen and oxygen atoms in total. The summed E-state index contributed by atoms with van der Waals surface area (Å²) < 4.78 is 11.2. The van der Waals surface area contributed by atoms with Gasteiger partial charge in [-0.15, -0.1) is 0 Å². The van der Waals surface area contributed by atoms with Crippen LogP contribution < -0.4 is 4.74 Å². The fourth-order valence-corrected chi connectivity index (χ4v) is 4.20. The van der Waals surface area contributed by atoms with Crippen LogP contribution in [-0.2, 0) is 20.9 Å². The number of ether oxygens (including phenoxy) is 2. The highest BCUT2D eigenvalue weighted by molar-refractivity contribution is 5.80. The maximum Gasteiger partial charge on any atom is 0.306 e. The summed E-state index contributed by atoms with van der Waals surface area (Å²) in [6, 6.07) is 7.71. The molecule has 3 rings (SSSR count). The Hall–Kier alpha value is -2.08. The first kappa shape index (κ1) is 19.7. The molecule has 148 valence electrons. The molecule has 2 aliphatic rings. The molecule has 1 saturated carbocycles. The van der Waals surface area contributed by atoms with Crippen molar-refractivity contribution in [2.75, 3.05) is 20.3 Å². The molecule has 1 N–H and O–H groups in total. The summed E-state index contributed by atoms with van der Waals surface area (Å²) in [4.78, 5) is 26.5. The zero-order chi connectivity index (χ0) is 19.2. The molecule has 1 aliphatic heterocycles. The Morgan fingerprint density at radius 2 is 1.96 bits per heavy atom. The van der Waals surface area contributed by atoms with E-state index in [0.717, 1.165) is 43.6 Å². The lowest BCUT2D eigenvalue weighted by Gasteiger charge is -2.33. The van der Waals surface area contributed by atoms with Gasteiger partial charge < -0.3 is 19.5 Å². The molecule has 0 radical (unpaired) electrons. The minimum Gasteiger partial charge on any atom is -0.496 e. The highest BCUT2D eigenvalue weighted by atomic mass is 16.5. The molecular weight excluding hydrogens is 346 g/mol. The summed E-state index contributed by atoms with van der Waals surface area (Å²) in [5.41, 5.74) is 0.956. The number of para-hydroxylation sites is 1. The van der Waals surface area contributed by atoms with Crippen molar-refractivity contribution in [3.05, 3.63) is 29.8 Å². The van der Waals surface area contributed by atoms with Gasteiger partial charge in [-0.25, -0.2) is 0 Å². The van der Waals surface area contributed by atoms with Gasteiger partial charge in [-0.2, -0.15) is 0 Å². The largest absolute Gasteiger partial charge is 0.496 e. The van der Waals surface area contributed by atoms with Crippen molar-refractivity contribution in [1.29, 1.82) is 0 Å². The van der Waals surface area contributed by atoms with Gasteiger partial charge >= 0.3 is 5.97 Å². The van der Waals surface area contributed by atoms with Crippen LogP contribution in [0.5, 0.6) is 5.75 Å². The molecule has 3 atom stereocenters. The van der Waals surface area contributed by atoms with Gasteiger partial charge in [0.05, 0.1) is 19.1 Å². The van der Waals surface area contributed by atoms with Crippen LogP contribution in [0, 0.1) is 11.8 Å². The SMILES string of the molecule is COc1ccccc1CN(CC1CCCO1)C(=O)C1CCCC(C(=O)O)C1. The number of benzene rings is 1. The Labute approximate surface area is 160 Å². The number of nitrogens with zero attached hydrogens (tertiary/aromatic N) is 1. The minimum atomic E-state index is -0.789. The number of hydrogen-bond acceptors (Lipinski definition) is 4. The maximum atomic E-state index is 13.3. The fraction of sp³-hybridized carbons (Fsp3) is 0.619. The Balaban J connectivity index is 1.76. The van der Waals surface area contributed by atoms with Crippen molar-refractivity contribution in [3.8, 4) is 5.75 Å². The van der Waals surface area contributed by atoms with Gasteiger partial charge in [0.25, 0.3) is 0 Å². The van der Waals surface area contributed by atoms with E-state index < -0.39 is 11.9 Å². The number of amides is 1. The van der Waals surface area contributed by atoms with E-state index in [1.165, 1.54) is 0 Å².